The van der Waals surface area contributed by atoms with Crippen molar-refractivity contribution in [3.8, 4) is 5.75 Å². The second-order valence-electron chi connectivity index (χ2n) is 6.40. The van der Waals surface area contributed by atoms with Gasteiger partial charge in [-0.2, -0.15) is 0 Å². The van der Waals surface area contributed by atoms with Crippen LogP contribution >= 0.6 is 24.0 Å². The molecule has 0 heterocycles. The van der Waals surface area contributed by atoms with Gasteiger partial charge in [-0.1, -0.05) is 49.9 Å². The molecule has 1 unspecified atom stereocenters. The van der Waals surface area contributed by atoms with E-state index in [0.717, 1.165) is 22.1 Å². The van der Waals surface area contributed by atoms with Crippen LogP contribution in [0.4, 0.5) is 0 Å². The van der Waals surface area contributed by atoms with Gasteiger partial charge in [-0.15, -0.1) is 0 Å². The monoisotopic (exact) mass is 404 g/mol. The van der Waals surface area contributed by atoms with Gasteiger partial charge in [0.05, 0.1) is 13.0 Å². The summed E-state index contributed by atoms with van der Waals surface area (Å²) in [4.78, 5) is 24.0. The fraction of sp³-hybridized carbons (Fsp3) is 0.381. The molecule has 0 radical (unpaired) electrons. The zero-order valence-electron chi connectivity index (χ0n) is 16.0. The van der Waals surface area contributed by atoms with Crippen molar-refractivity contribution in [3.05, 3.63) is 42.0 Å². The van der Waals surface area contributed by atoms with Crippen molar-refractivity contribution in [2.75, 3.05) is 12.9 Å². The number of Topliss-reactive ketones (excluding diaryl/α,β-unsaturated/α-hetero) is 1. The summed E-state index contributed by atoms with van der Waals surface area (Å²) in [7, 11) is 1.63. The molecule has 0 N–H and O–H groups in total. The van der Waals surface area contributed by atoms with E-state index >= 15 is 0 Å². The Balaban J connectivity index is 1.99. The third-order valence-corrected chi connectivity index (χ3v) is 5.88. The Morgan fingerprint density at radius 1 is 1.11 bits per heavy atom. The molecule has 0 fully saturated rings. The van der Waals surface area contributed by atoms with Gasteiger partial charge < -0.3 is 9.47 Å². The lowest BCUT2D eigenvalue weighted by molar-refractivity contribution is -0.136. The minimum Gasteiger partial charge on any atom is -0.497 e. The molecule has 0 aromatic heterocycles. The van der Waals surface area contributed by atoms with Gasteiger partial charge in [0.1, 0.15) is 11.5 Å². The maximum Gasteiger partial charge on any atom is 0.319 e. The highest BCUT2D eigenvalue weighted by Crippen LogP contribution is 2.26. The SMILES string of the molecule is CCC(=O)C(C)CSC(=S)OC(=O)[C@@H](C)c1ccc2cc(OC)ccc2c1. The third kappa shape index (κ3) is 5.78. The summed E-state index contributed by atoms with van der Waals surface area (Å²) in [6.07, 6.45) is 0.499. The van der Waals surface area contributed by atoms with Crippen LogP contribution in [0.2, 0.25) is 0 Å². The first kappa shape index (κ1) is 21.4. The number of methoxy groups -OCH3 is 1. The Hall–Kier alpha value is -1.92. The number of carbonyl (C=O) groups is 2. The number of ketones is 1. The molecule has 0 saturated heterocycles. The van der Waals surface area contributed by atoms with Crippen molar-refractivity contribution in [2.24, 2.45) is 5.92 Å². The van der Waals surface area contributed by atoms with E-state index in [1.807, 2.05) is 50.2 Å². The number of benzene rings is 2. The Morgan fingerprint density at radius 3 is 2.44 bits per heavy atom. The number of esters is 1. The average Bonchev–Trinajstić information content (AvgIpc) is 2.69. The first-order chi connectivity index (χ1) is 12.8. The van der Waals surface area contributed by atoms with Gasteiger partial charge in [0.2, 0.25) is 4.38 Å². The number of fused-ring (bicyclic) bond motifs is 1. The van der Waals surface area contributed by atoms with Crippen molar-refractivity contribution >= 4 is 50.9 Å². The predicted octanol–water partition coefficient (Wildman–Crippen LogP) is 5.13. The fourth-order valence-electron chi connectivity index (χ4n) is 2.61. The molecule has 27 heavy (non-hydrogen) atoms. The Labute approximate surface area is 169 Å². The van der Waals surface area contributed by atoms with E-state index in [-0.39, 0.29) is 16.1 Å². The van der Waals surface area contributed by atoms with Gasteiger partial charge in [-0.25, -0.2) is 0 Å². The Bertz CT molecular complexity index is 847. The predicted molar refractivity (Wildman–Crippen MR) is 115 cm³/mol. The van der Waals surface area contributed by atoms with Crippen LogP contribution in [-0.2, 0) is 14.3 Å². The van der Waals surface area contributed by atoms with Crippen LogP contribution in [0.25, 0.3) is 10.8 Å². The molecule has 0 bridgehead atoms. The second kappa shape index (κ2) is 9.85. The van der Waals surface area contributed by atoms with Gasteiger partial charge in [0, 0.05) is 18.1 Å². The fourth-order valence-corrected chi connectivity index (χ4v) is 3.61. The standard InChI is InChI=1S/C21H24O4S2/c1-5-19(22)13(2)12-27-21(26)25-20(23)14(3)15-6-7-17-11-18(24-4)9-8-16(17)10-15/h6-11,13-14H,5,12H2,1-4H3/t13?,14-/m0/s1. The lowest BCUT2D eigenvalue weighted by atomic mass is 9.98. The van der Waals surface area contributed by atoms with Gasteiger partial charge in [-0.05, 0) is 47.6 Å². The van der Waals surface area contributed by atoms with Crippen LogP contribution < -0.4 is 4.74 Å². The molecular formula is C21H24O4S2. The molecule has 0 amide bonds. The summed E-state index contributed by atoms with van der Waals surface area (Å²) < 4.78 is 10.7. The smallest absolute Gasteiger partial charge is 0.319 e. The largest absolute Gasteiger partial charge is 0.497 e. The van der Waals surface area contributed by atoms with Crippen molar-refractivity contribution in [1.82, 2.24) is 0 Å². The van der Waals surface area contributed by atoms with Crippen molar-refractivity contribution < 1.29 is 19.1 Å². The normalized spacial score (nSPS) is 13.0. The minimum absolute atomic E-state index is 0.105. The van der Waals surface area contributed by atoms with Gasteiger partial charge in [0.15, 0.2) is 0 Å². The maximum absolute atomic E-state index is 12.4. The molecule has 2 rings (SSSR count). The van der Waals surface area contributed by atoms with Crippen LogP contribution in [0.5, 0.6) is 5.75 Å². The average molecular weight is 405 g/mol. The number of hydrogen-bond donors (Lipinski definition) is 0. The number of rotatable bonds is 7. The number of ether oxygens (including phenoxy) is 2. The number of hydrogen-bond acceptors (Lipinski definition) is 6. The topological polar surface area (TPSA) is 52.6 Å². The van der Waals surface area contributed by atoms with Crippen LogP contribution in [0.3, 0.4) is 0 Å². The Kier molecular flexibility index (Phi) is 7.80. The van der Waals surface area contributed by atoms with Crippen molar-refractivity contribution in [2.45, 2.75) is 33.1 Å². The van der Waals surface area contributed by atoms with Gasteiger partial charge in [0.25, 0.3) is 0 Å². The van der Waals surface area contributed by atoms with Crippen LogP contribution in [0, 0.1) is 5.92 Å². The molecule has 0 aliphatic rings. The molecule has 4 nitrogen and oxygen atoms in total. The molecule has 0 saturated carbocycles. The zero-order valence-corrected chi connectivity index (χ0v) is 17.6. The van der Waals surface area contributed by atoms with E-state index in [4.69, 9.17) is 21.7 Å². The van der Waals surface area contributed by atoms with Crippen LogP contribution in [0.1, 0.15) is 38.7 Å². The van der Waals surface area contributed by atoms with Gasteiger partial charge in [-0.3, -0.25) is 9.59 Å². The molecule has 2 aromatic carbocycles. The highest BCUT2D eigenvalue weighted by atomic mass is 32.2. The highest BCUT2D eigenvalue weighted by Gasteiger charge is 2.20. The third-order valence-electron chi connectivity index (χ3n) is 4.46. The first-order valence-electron chi connectivity index (χ1n) is 8.84. The number of thioether (sulfide) groups is 1. The first-order valence-corrected chi connectivity index (χ1v) is 10.2. The molecule has 0 aliphatic heterocycles. The van der Waals surface area contributed by atoms with E-state index in [1.165, 1.54) is 11.8 Å². The lowest BCUT2D eigenvalue weighted by Crippen LogP contribution is -2.17. The summed E-state index contributed by atoms with van der Waals surface area (Å²) in [5.74, 6) is 0.551. The van der Waals surface area contributed by atoms with E-state index in [9.17, 15) is 9.59 Å². The van der Waals surface area contributed by atoms with Crippen molar-refractivity contribution in [1.29, 1.82) is 0 Å². The molecule has 2 atom stereocenters. The lowest BCUT2D eigenvalue weighted by Gasteiger charge is -2.14. The summed E-state index contributed by atoms with van der Waals surface area (Å²) >= 11 is 6.37. The van der Waals surface area contributed by atoms with E-state index in [0.29, 0.717) is 12.2 Å². The van der Waals surface area contributed by atoms with E-state index in [1.54, 1.807) is 14.0 Å². The number of carbonyl (C=O) groups excluding carboxylic acids is 2. The quantitative estimate of drug-likeness (QED) is 0.471. The zero-order chi connectivity index (χ0) is 20.0. The van der Waals surface area contributed by atoms with Crippen LogP contribution in [-0.4, -0.2) is 29.0 Å². The summed E-state index contributed by atoms with van der Waals surface area (Å²) in [5.41, 5.74) is 0.861. The molecular weight excluding hydrogens is 380 g/mol. The van der Waals surface area contributed by atoms with E-state index in [2.05, 4.69) is 0 Å². The maximum atomic E-state index is 12.4. The molecule has 0 aliphatic carbocycles. The summed E-state index contributed by atoms with van der Waals surface area (Å²) in [5, 5.41) is 2.07. The number of thiocarbonyl (C=S) groups is 1. The Morgan fingerprint density at radius 2 is 1.78 bits per heavy atom. The minimum atomic E-state index is -0.440. The van der Waals surface area contributed by atoms with Crippen LogP contribution in [0.15, 0.2) is 36.4 Å². The summed E-state index contributed by atoms with van der Waals surface area (Å²) in [6, 6.07) is 11.6. The molecule has 144 valence electrons. The second-order valence-corrected chi connectivity index (χ2v) is 8.02. The molecule has 2 aromatic rings. The molecule has 0 spiro atoms. The molecule has 6 heteroatoms. The van der Waals surface area contributed by atoms with Crippen molar-refractivity contribution in [3.63, 3.8) is 0 Å². The van der Waals surface area contributed by atoms with Gasteiger partial charge >= 0.3 is 5.97 Å². The summed E-state index contributed by atoms with van der Waals surface area (Å²) in [6.45, 7) is 5.49. The van der Waals surface area contributed by atoms with E-state index < -0.39 is 11.9 Å². The highest BCUT2D eigenvalue weighted by molar-refractivity contribution is 8.22.